The fraction of sp³-hybridized carbons (Fsp3) is 0.615. The largest absolute Gasteiger partial charge is 0.461 e. The molecule has 0 aliphatic carbocycles. The molecule has 0 aromatic heterocycles. The van der Waals surface area contributed by atoms with Gasteiger partial charge < -0.3 is 20.1 Å². The minimum absolute atomic E-state index is 0.0325. The van der Waals surface area contributed by atoms with E-state index < -0.39 is 17.7 Å². The van der Waals surface area contributed by atoms with E-state index >= 15 is 0 Å². The van der Waals surface area contributed by atoms with Gasteiger partial charge in [0.2, 0.25) is 5.91 Å². The number of carbonyl (C=O) groups is 3. The molecule has 0 saturated carbocycles. The second-order valence-electron chi connectivity index (χ2n) is 4.92. The third kappa shape index (κ3) is 13.1. The van der Waals surface area contributed by atoms with Gasteiger partial charge in [0.1, 0.15) is 12.2 Å². The first-order valence-corrected chi connectivity index (χ1v) is 7.48. The topological polar surface area (TPSA) is 93.7 Å². The molecule has 0 fully saturated rings. The molecule has 8 heteroatoms. The Kier molecular flexibility index (Phi) is 9.27. The van der Waals surface area contributed by atoms with E-state index in [1.165, 1.54) is 6.08 Å². The van der Waals surface area contributed by atoms with Crippen molar-refractivity contribution in [2.45, 2.75) is 26.4 Å². The Morgan fingerprint density at radius 1 is 1.19 bits per heavy atom. The lowest BCUT2D eigenvalue weighted by Gasteiger charge is -2.19. The van der Waals surface area contributed by atoms with Gasteiger partial charge in [-0.15, -0.1) is 11.8 Å². The van der Waals surface area contributed by atoms with Crippen LogP contribution in [0, 0.1) is 0 Å². The Morgan fingerprint density at radius 2 is 1.86 bits per heavy atom. The highest BCUT2D eigenvalue weighted by atomic mass is 32.2. The number of esters is 1. The summed E-state index contributed by atoms with van der Waals surface area (Å²) in [5, 5.41) is 4.87. The van der Waals surface area contributed by atoms with E-state index in [0.29, 0.717) is 0 Å². The molecule has 0 aromatic carbocycles. The number of carbonyl (C=O) groups excluding carboxylic acids is 3. The Hall–Kier alpha value is -1.70. The van der Waals surface area contributed by atoms with Crippen LogP contribution in [0.3, 0.4) is 0 Å². The molecular weight excluding hydrogens is 296 g/mol. The second kappa shape index (κ2) is 10.1. The second-order valence-corrected chi connectivity index (χ2v) is 5.91. The molecule has 0 radical (unpaired) electrons. The third-order valence-electron chi connectivity index (χ3n) is 1.73. The maximum absolute atomic E-state index is 11.4. The zero-order valence-corrected chi connectivity index (χ0v) is 13.4. The van der Waals surface area contributed by atoms with E-state index in [0.717, 1.165) is 11.8 Å². The molecule has 0 atom stereocenters. The summed E-state index contributed by atoms with van der Waals surface area (Å²) in [6, 6.07) is 0. The molecule has 120 valence electrons. The van der Waals surface area contributed by atoms with Gasteiger partial charge in [0.05, 0.1) is 18.2 Å². The van der Waals surface area contributed by atoms with Crippen molar-refractivity contribution in [2.75, 3.05) is 24.8 Å². The molecule has 0 aliphatic heterocycles. The minimum atomic E-state index is -0.608. The number of hydrogen-bond donors (Lipinski definition) is 2. The molecule has 0 saturated heterocycles. The van der Waals surface area contributed by atoms with Crippen LogP contribution in [-0.2, 0) is 19.1 Å². The number of thioether (sulfide) groups is 1. The van der Waals surface area contributed by atoms with Gasteiger partial charge in [-0.05, 0) is 20.8 Å². The van der Waals surface area contributed by atoms with Crippen LogP contribution in [0.1, 0.15) is 20.8 Å². The lowest BCUT2D eigenvalue weighted by molar-refractivity contribution is -0.139. The quantitative estimate of drug-likeness (QED) is 0.395. The molecule has 2 N–H and O–H groups in total. The van der Waals surface area contributed by atoms with Gasteiger partial charge in [-0.3, -0.25) is 9.59 Å². The first kappa shape index (κ1) is 19.3. The molecule has 0 unspecified atom stereocenters. The van der Waals surface area contributed by atoms with Crippen molar-refractivity contribution in [2.24, 2.45) is 0 Å². The standard InChI is InChI=1S/C13H22N2O5S/c1-5-6-19-11(17)8-21-7-10(16)14-9-15-12(18)20-13(2,3)4/h5H,1,6-9H2,2-4H3,(H,14,16)(H,15,18). The summed E-state index contributed by atoms with van der Waals surface area (Å²) in [6.07, 6.45) is 0.862. The number of nitrogens with one attached hydrogen (secondary N) is 2. The molecule has 0 heterocycles. The first-order chi connectivity index (χ1) is 9.74. The van der Waals surface area contributed by atoms with Crippen LogP contribution >= 0.6 is 11.8 Å². The molecule has 7 nitrogen and oxygen atoms in total. The summed E-state index contributed by atoms with van der Waals surface area (Å²) < 4.78 is 9.74. The van der Waals surface area contributed by atoms with Crippen LogP contribution in [0.25, 0.3) is 0 Å². The highest BCUT2D eigenvalue weighted by Crippen LogP contribution is 2.06. The molecule has 0 spiro atoms. The van der Waals surface area contributed by atoms with Crippen molar-refractivity contribution < 1.29 is 23.9 Å². The van der Waals surface area contributed by atoms with Crippen molar-refractivity contribution in [1.82, 2.24) is 10.6 Å². The van der Waals surface area contributed by atoms with E-state index in [1.54, 1.807) is 20.8 Å². The van der Waals surface area contributed by atoms with Gasteiger partial charge in [-0.2, -0.15) is 0 Å². The van der Waals surface area contributed by atoms with Gasteiger partial charge >= 0.3 is 12.1 Å². The number of amides is 2. The number of ether oxygens (including phenoxy) is 2. The van der Waals surface area contributed by atoms with Crippen molar-refractivity contribution in [3.8, 4) is 0 Å². The summed E-state index contributed by atoms with van der Waals surface area (Å²) in [6.45, 7) is 8.77. The van der Waals surface area contributed by atoms with Gasteiger partial charge in [0.25, 0.3) is 0 Å². The maximum Gasteiger partial charge on any atom is 0.409 e. The van der Waals surface area contributed by atoms with Crippen LogP contribution in [0.5, 0.6) is 0 Å². The first-order valence-electron chi connectivity index (χ1n) is 6.32. The van der Waals surface area contributed by atoms with E-state index in [2.05, 4.69) is 17.2 Å². The van der Waals surface area contributed by atoms with E-state index in [-0.39, 0.29) is 30.7 Å². The van der Waals surface area contributed by atoms with Crippen LogP contribution in [-0.4, -0.2) is 48.4 Å². The Bertz CT molecular complexity index is 379. The molecule has 0 aromatic rings. The van der Waals surface area contributed by atoms with E-state index in [1.807, 2.05) is 0 Å². The summed E-state index contributed by atoms with van der Waals surface area (Å²) in [5.74, 6) is -0.521. The molecule has 0 aliphatic rings. The Morgan fingerprint density at radius 3 is 2.43 bits per heavy atom. The predicted molar refractivity (Wildman–Crippen MR) is 80.9 cm³/mol. The van der Waals surface area contributed by atoms with Crippen molar-refractivity contribution in [3.63, 3.8) is 0 Å². The minimum Gasteiger partial charge on any atom is -0.461 e. The average Bonchev–Trinajstić information content (AvgIpc) is 2.34. The summed E-state index contributed by atoms with van der Waals surface area (Å²) >= 11 is 1.12. The van der Waals surface area contributed by atoms with Crippen LogP contribution in [0.15, 0.2) is 12.7 Å². The SMILES string of the molecule is C=CCOC(=O)CSCC(=O)NCNC(=O)OC(C)(C)C. The normalized spacial score (nSPS) is 10.4. The average molecular weight is 318 g/mol. The van der Waals surface area contributed by atoms with Crippen molar-refractivity contribution in [1.29, 1.82) is 0 Å². The van der Waals surface area contributed by atoms with Crippen LogP contribution < -0.4 is 10.6 Å². The summed E-state index contributed by atoms with van der Waals surface area (Å²) in [7, 11) is 0. The number of hydrogen-bond acceptors (Lipinski definition) is 6. The molecule has 0 rings (SSSR count). The predicted octanol–water partition coefficient (Wildman–Crippen LogP) is 1.05. The van der Waals surface area contributed by atoms with Crippen LogP contribution in [0.4, 0.5) is 4.79 Å². The van der Waals surface area contributed by atoms with Gasteiger partial charge in [0, 0.05) is 0 Å². The van der Waals surface area contributed by atoms with Crippen LogP contribution in [0.2, 0.25) is 0 Å². The molecule has 0 bridgehead atoms. The molecular formula is C13H22N2O5S. The zero-order chi connectivity index (χ0) is 16.3. The summed E-state index contributed by atoms with van der Waals surface area (Å²) in [5.41, 5.74) is -0.588. The lowest BCUT2D eigenvalue weighted by Crippen LogP contribution is -2.40. The fourth-order valence-corrected chi connectivity index (χ4v) is 1.64. The Balaban J connectivity index is 3.65. The van der Waals surface area contributed by atoms with Crippen molar-refractivity contribution in [3.05, 3.63) is 12.7 Å². The van der Waals surface area contributed by atoms with Crippen molar-refractivity contribution >= 4 is 29.7 Å². The number of alkyl carbamates (subject to hydrolysis) is 1. The smallest absolute Gasteiger partial charge is 0.409 e. The maximum atomic E-state index is 11.4. The zero-order valence-electron chi connectivity index (χ0n) is 12.6. The fourth-order valence-electron chi connectivity index (χ4n) is 1.00. The van der Waals surface area contributed by atoms with E-state index in [9.17, 15) is 14.4 Å². The van der Waals surface area contributed by atoms with Gasteiger partial charge in [-0.1, -0.05) is 12.7 Å². The highest BCUT2D eigenvalue weighted by Gasteiger charge is 2.15. The van der Waals surface area contributed by atoms with Gasteiger partial charge in [0.15, 0.2) is 0 Å². The summed E-state index contributed by atoms with van der Waals surface area (Å²) in [4.78, 5) is 33.8. The third-order valence-corrected chi connectivity index (χ3v) is 2.64. The monoisotopic (exact) mass is 318 g/mol. The van der Waals surface area contributed by atoms with E-state index in [4.69, 9.17) is 9.47 Å². The highest BCUT2D eigenvalue weighted by molar-refractivity contribution is 8.00. The molecule has 2 amide bonds. The van der Waals surface area contributed by atoms with Gasteiger partial charge in [-0.25, -0.2) is 4.79 Å². The number of rotatable bonds is 8. The lowest BCUT2D eigenvalue weighted by atomic mass is 10.2. The molecule has 21 heavy (non-hydrogen) atoms. The Labute approximate surface area is 128 Å².